The molecule has 3 aliphatic heterocycles. The van der Waals surface area contributed by atoms with Crippen molar-refractivity contribution in [1.82, 2.24) is 21.1 Å². The van der Waals surface area contributed by atoms with Gasteiger partial charge in [0.05, 0.1) is 42.8 Å². The van der Waals surface area contributed by atoms with Gasteiger partial charge in [-0.05, 0) is 87.7 Å². The first-order chi connectivity index (χ1) is 23.8. The maximum Gasteiger partial charge on any atom is 0.188 e. The average molecular weight is 686 g/mol. The second-order valence-electron chi connectivity index (χ2n) is 12.6. The number of anilines is 1. The summed E-state index contributed by atoms with van der Waals surface area (Å²) >= 11 is 1.08. The number of thiophene rings is 1. The third-order valence-corrected chi connectivity index (χ3v) is 10.5. The van der Waals surface area contributed by atoms with Crippen LogP contribution in [0.4, 0.5) is 9.39 Å². The zero-order valence-electron chi connectivity index (χ0n) is 28.7. The van der Waals surface area contributed by atoms with Gasteiger partial charge in [-0.2, -0.15) is 5.26 Å². The molecule has 3 aliphatic rings. The highest BCUT2D eigenvalue weighted by Crippen LogP contribution is 2.49. The molecule has 12 heteroatoms. The first-order valence-corrected chi connectivity index (χ1v) is 17.6. The number of nitriles is 1. The molecule has 5 N–H and O–H groups in total. The number of halogens is 1. The van der Waals surface area contributed by atoms with Crippen molar-refractivity contribution in [2.75, 3.05) is 33.0 Å². The summed E-state index contributed by atoms with van der Waals surface area (Å²) < 4.78 is 34.4. The molecule has 2 atom stereocenters. The molecular weight excluding hydrogens is 642 g/mol. The van der Waals surface area contributed by atoms with E-state index >= 15 is 4.39 Å². The summed E-state index contributed by atoms with van der Waals surface area (Å²) in [5.41, 5.74) is 18.5. The number of aliphatic imine (C=N–C) groups is 1. The minimum Gasteiger partial charge on any atom is -0.496 e. The summed E-state index contributed by atoms with van der Waals surface area (Å²) in [5.74, 6) is 1.45. The van der Waals surface area contributed by atoms with Crippen molar-refractivity contribution < 1.29 is 18.6 Å². The van der Waals surface area contributed by atoms with Crippen molar-refractivity contribution in [1.29, 1.82) is 5.26 Å². The van der Waals surface area contributed by atoms with Crippen LogP contribution in [0.15, 0.2) is 53.1 Å². The number of hydrogen-bond donors (Lipinski definition) is 4. The minimum absolute atomic E-state index is 0.0401. The van der Waals surface area contributed by atoms with Gasteiger partial charge in [0.25, 0.3) is 0 Å². The fourth-order valence-electron chi connectivity index (χ4n) is 7.06. The molecule has 0 aliphatic carbocycles. The lowest BCUT2D eigenvalue weighted by Gasteiger charge is -2.29. The number of unbranched alkanes of at least 4 members (excludes halogenated alkanes) is 1. The SMILES string of the molecule is CCC/C=C(/NC(=NCC1=CC=CNN1)c1c(C)c(OC)c(-c2ccc(F)c3sc(N)c(C#N)c23)c2c1COC2)OC(C)C1CCCN1C. The number of fused-ring (bicyclic) bond motifs is 2. The fraction of sp³-hybridized carbons (Fsp3) is 0.405. The Balaban J connectivity index is 1.51. The molecular formula is C37H44FN7O3S. The lowest BCUT2D eigenvalue weighted by atomic mass is 9.86. The van der Waals surface area contributed by atoms with Crippen LogP contribution in [-0.4, -0.2) is 50.1 Å². The number of amidine groups is 1. The minimum atomic E-state index is -0.421. The number of allylic oxidation sites excluding steroid dienone is 3. The lowest BCUT2D eigenvalue weighted by molar-refractivity contribution is 0.0569. The van der Waals surface area contributed by atoms with E-state index in [-0.39, 0.29) is 16.7 Å². The molecule has 10 nitrogen and oxygen atoms in total. The van der Waals surface area contributed by atoms with Crippen molar-refractivity contribution in [3.05, 3.63) is 81.8 Å². The van der Waals surface area contributed by atoms with Gasteiger partial charge in [0.1, 0.15) is 34.6 Å². The summed E-state index contributed by atoms with van der Waals surface area (Å²) in [6, 6.07) is 5.65. The van der Waals surface area contributed by atoms with Gasteiger partial charge < -0.3 is 36.1 Å². The molecule has 258 valence electrons. The molecule has 3 aromatic rings. The van der Waals surface area contributed by atoms with E-state index in [1.165, 1.54) is 6.07 Å². The van der Waals surface area contributed by atoms with Crippen LogP contribution >= 0.6 is 11.3 Å². The maximum atomic E-state index is 15.1. The quantitative estimate of drug-likeness (QED) is 0.102. The number of hydrogen-bond acceptors (Lipinski definition) is 10. The van der Waals surface area contributed by atoms with Gasteiger partial charge in [0.2, 0.25) is 0 Å². The number of methoxy groups -OCH3 is 1. The number of likely N-dealkylation sites (N-methyl/N-ethyl adjacent to an activating group) is 1. The van der Waals surface area contributed by atoms with Crippen LogP contribution < -0.4 is 26.6 Å². The van der Waals surface area contributed by atoms with Crippen LogP contribution in [0.2, 0.25) is 0 Å². The third kappa shape index (κ3) is 6.71. The van der Waals surface area contributed by atoms with E-state index in [9.17, 15) is 5.26 Å². The first kappa shape index (κ1) is 34.3. The third-order valence-electron chi connectivity index (χ3n) is 9.45. The lowest BCUT2D eigenvalue weighted by Crippen LogP contribution is -2.38. The molecule has 2 aromatic carbocycles. The number of nitrogens with one attached hydrogen (secondary N) is 3. The molecule has 6 rings (SSSR count). The number of likely N-dealkylation sites (tertiary alicyclic amines) is 1. The van der Waals surface area contributed by atoms with Gasteiger partial charge in [-0.15, -0.1) is 11.3 Å². The Morgan fingerprint density at radius 3 is 2.86 bits per heavy atom. The number of nitrogen functional groups attached to an aromatic ring is 1. The summed E-state index contributed by atoms with van der Waals surface area (Å²) in [5, 5.41) is 14.4. The first-order valence-electron chi connectivity index (χ1n) is 16.7. The number of hydrazine groups is 1. The van der Waals surface area contributed by atoms with Crippen LogP contribution in [0.1, 0.15) is 67.3 Å². The summed E-state index contributed by atoms with van der Waals surface area (Å²) in [4.78, 5) is 7.51. The zero-order chi connectivity index (χ0) is 34.7. The highest BCUT2D eigenvalue weighted by Gasteiger charge is 2.33. The summed E-state index contributed by atoms with van der Waals surface area (Å²) in [6.07, 6.45) is 11.8. The smallest absolute Gasteiger partial charge is 0.188 e. The Morgan fingerprint density at radius 2 is 2.16 bits per heavy atom. The fourth-order valence-corrected chi connectivity index (χ4v) is 8.01. The summed E-state index contributed by atoms with van der Waals surface area (Å²) in [7, 11) is 3.78. The monoisotopic (exact) mass is 685 g/mol. The molecule has 0 saturated carbocycles. The number of nitrogens with two attached hydrogens (primary N) is 1. The van der Waals surface area contributed by atoms with Crippen LogP contribution in [0.3, 0.4) is 0 Å². The normalized spacial score (nSPS) is 18.5. The van der Waals surface area contributed by atoms with Crippen molar-refractivity contribution in [3.63, 3.8) is 0 Å². The van der Waals surface area contributed by atoms with E-state index in [4.69, 9.17) is 24.9 Å². The van der Waals surface area contributed by atoms with Gasteiger partial charge >= 0.3 is 0 Å². The van der Waals surface area contributed by atoms with Crippen LogP contribution in [0, 0.1) is 24.1 Å². The molecule has 0 amide bonds. The van der Waals surface area contributed by atoms with Crippen molar-refractivity contribution in [2.45, 2.75) is 71.8 Å². The molecule has 4 heterocycles. The average Bonchev–Trinajstić information content (AvgIpc) is 3.84. The molecule has 2 unspecified atom stereocenters. The largest absolute Gasteiger partial charge is 0.496 e. The van der Waals surface area contributed by atoms with Gasteiger partial charge in [-0.1, -0.05) is 19.4 Å². The Bertz CT molecular complexity index is 1900. The van der Waals surface area contributed by atoms with E-state index in [2.05, 4.69) is 54.1 Å². The molecule has 1 aromatic heterocycles. The second-order valence-corrected chi connectivity index (χ2v) is 13.6. The Labute approximate surface area is 291 Å². The van der Waals surface area contributed by atoms with E-state index in [1.807, 2.05) is 25.3 Å². The molecule has 49 heavy (non-hydrogen) atoms. The van der Waals surface area contributed by atoms with Gasteiger partial charge in [0.15, 0.2) is 5.88 Å². The Hall–Kier alpha value is -4.57. The van der Waals surface area contributed by atoms with Gasteiger partial charge in [0, 0.05) is 34.3 Å². The van der Waals surface area contributed by atoms with E-state index in [1.54, 1.807) is 13.2 Å². The van der Waals surface area contributed by atoms with Crippen LogP contribution in [0.25, 0.3) is 21.2 Å². The highest BCUT2D eigenvalue weighted by molar-refractivity contribution is 7.23. The maximum absolute atomic E-state index is 15.1. The summed E-state index contributed by atoms with van der Waals surface area (Å²) in [6.45, 7) is 8.34. The number of nitrogens with zero attached hydrogens (tertiary/aromatic N) is 3. The second kappa shape index (κ2) is 14.9. The van der Waals surface area contributed by atoms with Crippen LogP contribution in [-0.2, 0) is 22.7 Å². The molecule has 1 saturated heterocycles. The van der Waals surface area contributed by atoms with Crippen LogP contribution in [0.5, 0.6) is 5.75 Å². The number of ether oxygens (including phenoxy) is 3. The predicted octanol–water partition coefficient (Wildman–Crippen LogP) is 6.49. The molecule has 0 spiro atoms. The van der Waals surface area contributed by atoms with Crippen molar-refractivity contribution in [2.24, 2.45) is 4.99 Å². The standard InChI is InChI=1S/C37H44FN7O3S/c1-6-7-12-30(48-22(3)29-11-9-16-45(29)4)43-37(41-18-23-10-8-15-42-44-23)31-21(2)34(46-5)32(27-20-47-19-26(27)31)24-13-14-28(38)35-33(24)25(17-39)36(40)49-35/h8,10,12-15,22,29,42,44H,6-7,9,11,16,18-20,40H2,1-5H3,(H,41,43)/b30-12-. The number of benzene rings is 2. The molecule has 0 bridgehead atoms. The predicted molar refractivity (Wildman–Crippen MR) is 193 cm³/mol. The zero-order valence-corrected chi connectivity index (χ0v) is 29.5. The van der Waals surface area contributed by atoms with Gasteiger partial charge in [-0.25, -0.2) is 4.39 Å². The Kier molecular flexibility index (Phi) is 10.4. The van der Waals surface area contributed by atoms with Crippen molar-refractivity contribution in [3.8, 4) is 22.9 Å². The van der Waals surface area contributed by atoms with Crippen molar-refractivity contribution >= 4 is 32.3 Å². The topological polar surface area (TPSA) is 129 Å². The molecule has 0 radical (unpaired) electrons. The van der Waals surface area contributed by atoms with E-state index < -0.39 is 5.82 Å². The van der Waals surface area contributed by atoms with E-state index in [0.717, 1.165) is 77.1 Å². The van der Waals surface area contributed by atoms with E-state index in [0.29, 0.717) is 58.9 Å². The Morgan fingerprint density at radius 1 is 1.35 bits per heavy atom. The van der Waals surface area contributed by atoms with Gasteiger partial charge in [-0.3, -0.25) is 9.89 Å². The highest BCUT2D eigenvalue weighted by atomic mass is 32.1. The number of rotatable bonds is 11. The molecule has 1 fully saturated rings.